The lowest BCUT2D eigenvalue weighted by atomic mass is 10.0. The first-order chi connectivity index (χ1) is 6.84. The molecule has 1 heterocycles. The minimum atomic E-state index is 0.204. The number of rotatable bonds is 1. The van der Waals surface area contributed by atoms with Crippen LogP contribution in [0.1, 0.15) is 25.7 Å². The van der Waals surface area contributed by atoms with Crippen molar-refractivity contribution in [2.75, 3.05) is 20.0 Å². The van der Waals surface area contributed by atoms with Crippen LogP contribution in [0.2, 0.25) is 0 Å². The lowest BCUT2D eigenvalue weighted by Gasteiger charge is -1.98. The molecule has 0 aromatic heterocycles. The summed E-state index contributed by atoms with van der Waals surface area (Å²) >= 11 is 0. The molecule has 0 aromatic carbocycles. The Hall–Kier alpha value is -0.850. The van der Waals surface area contributed by atoms with Crippen molar-refractivity contribution in [3.8, 4) is 12.3 Å². The van der Waals surface area contributed by atoms with Gasteiger partial charge in [-0.25, -0.2) is 0 Å². The molecular formula is C11H16O3. The Balaban J connectivity index is 0.000000165. The Morgan fingerprint density at radius 3 is 2.50 bits per heavy atom. The smallest absolute Gasteiger partial charge is 0.146 e. The molecular weight excluding hydrogens is 180 g/mol. The van der Waals surface area contributed by atoms with Crippen molar-refractivity contribution >= 4 is 5.78 Å². The first-order valence-electron chi connectivity index (χ1n) is 4.96. The Bertz CT molecular complexity index is 205. The fraction of sp³-hybridized carbons (Fsp3) is 0.727. The van der Waals surface area contributed by atoms with Crippen LogP contribution >= 0.6 is 0 Å². The van der Waals surface area contributed by atoms with Crippen LogP contribution in [0, 0.1) is 18.3 Å². The van der Waals surface area contributed by atoms with Gasteiger partial charge in [0.25, 0.3) is 0 Å². The standard InChI is InChI=1S/C8H10O.C3H6O2/c1-2-4-7-5-3-6-8(7)9;1-2-5-3-4-1/h1,7H,3-6H2;1-3H2. The molecule has 1 aliphatic heterocycles. The molecule has 0 bridgehead atoms. The highest BCUT2D eigenvalue weighted by Gasteiger charge is 2.22. The van der Waals surface area contributed by atoms with Gasteiger partial charge in [-0.05, 0) is 12.8 Å². The summed E-state index contributed by atoms with van der Waals surface area (Å²) in [6, 6.07) is 0. The van der Waals surface area contributed by atoms with E-state index in [2.05, 4.69) is 5.92 Å². The van der Waals surface area contributed by atoms with Gasteiger partial charge in [0.05, 0.1) is 13.2 Å². The Labute approximate surface area is 84.8 Å². The Kier molecular flexibility index (Phi) is 5.28. The predicted molar refractivity (Wildman–Crippen MR) is 52.6 cm³/mol. The number of carbonyl (C=O) groups excluding carboxylic acids is 1. The third kappa shape index (κ3) is 3.91. The second-order valence-electron chi connectivity index (χ2n) is 3.40. The molecule has 1 saturated carbocycles. The molecule has 0 aromatic rings. The van der Waals surface area contributed by atoms with Gasteiger partial charge in [0.2, 0.25) is 0 Å². The van der Waals surface area contributed by atoms with Crippen LogP contribution in [0.25, 0.3) is 0 Å². The van der Waals surface area contributed by atoms with E-state index in [0.717, 1.165) is 32.5 Å². The Morgan fingerprint density at radius 1 is 1.43 bits per heavy atom. The fourth-order valence-corrected chi connectivity index (χ4v) is 1.54. The maximum atomic E-state index is 10.9. The van der Waals surface area contributed by atoms with Gasteiger partial charge in [-0.2, -0.15) is 0 Å². The summed E-state index contributed by atoms with van der Waals surface area (Å²) in [7, 11) is 0. The zero-order valence-electron chi connectivity index (χ0n) is 8.33. The lowest BCUT2D eigenvalue weighted by Crippen LogP contribution is -2.03. The molecule has 78 valence electrons. The quantitative estimate of drug-likeness (QED) is 0.594. The summed E-state index contributed by atoms with van der Waals surface area (Å²) in [6.45, 7) is 2.06. The fourth-order valence-electron chi connectivity index (χ4n) is 1.54. The summed E-state index contributed by atoms with van der Waals surface area (Å²) < 4.78 is 9.44. The molecule has 0 N–H and O–H groups in total. The van der Waals surface area contributed by atoms with Gasteiger partial charge in [0, 0.05) is 18.8 Å². The topological polar surface area (TPSA) is 35.5 Å². The van der Waals surface area contributed by atoms with Crippen LogP contribution in [0.3, 0.4) is 0 Å². The average molecular weight is 196 g/mol. The molecule has 0 amide bonds. The second kappa shape index (κ2) is 6.58. The molecule has 1 aliphatic carbocycles. The summed E-state index contributed by atoms with van der Waals surface area (Å²) in [5.41, 5.74) is 0. The SMILES string of the molecule is C#CCC1CCCC1=O.C1COCO1. The number of terminal acetylenes is 1. The van der Waals surface area contributed by atoms with E-state index in [4.69, 9.17) is 15.9 Å². The van der Waals surface area contributed by atoms with Crippen LogP contribution in [-0.2, 0) is 14.3 Å². The van der Waals surface area contributed by atoms with Gasteiger partial charge in [-0.3, -0.25) is 4.79 Å². The van der Waals surface area contributed by atoms with Crippen molar-refractivity contribution in [3.63, 3.8) is 0 Å². The van der Waals surface area contributed by atoms with Gasteiger partial charge >= 0.3 is 0 Å². The van der Waals surface area contributed by atoms with Gasteiger partial charge < -0.3 is 9.47 Å². The van der Waals surface area contributed by atoms with Crippen molar-refractivity contribution in [2.24, 2.45) is 5.92 Å². The van der Waals surface area contributed by atoms with Gasteiger partial charge in [0.15, 0.2) is 0 Å². The van der Waals surface area contributed by atoms with E-state index in [1.807, 2.05) is 0 Å². The minimum Gasteiger partial charge on any atom is -0.353 e. The number of Topliss-reactive ketones (excluding diaryl/α,β-unsaturated/α-hetero) is 1. The van der Waals surface area contributed by atoms with Crippen LogP contribution < -0.4 is 0 Å². The molecule has 3 heteroatoms. The van der Waals surface area contributed by atoms with E-state index in [9.17, 15) is 4.79 Å². The van der Waals surface area contributed by atoms with E-state index in [1.165, 1.54) is 0 Å². The number of hydrogen-bond donors (Lipinski definition) is 0. The van der Waals surface area contributed by atoms with Crippen LogP contribution in [0.5, 0.6) is 0 Å². The molecule has 2 rings (SSSR count). The highest BCUT2D eigenvalue weighted by Crippen LogP contribution is 2.23. The van der Waals surface area contributed by atoms with E-state index in [1.54, 1.807) is 0 Å². The van der Waals surface area contributed by atoms with E-state index < -0.39 is 0 Å². The van der Waals surface area contributed by atoms with Gasteiger partial charge in [0.1, 0.15) is 12.6 Å². The highest BCUT2D eigenvalue weighted by atomic mass is 16.7. The van der Waals surface area contributed by atoms with Crippen molar-refractivity contribution in [2.45, 2.75) is 25.7 Å². The zero-order chi connectivity index (χ0) is 10.2. The van der Waals surface area contributed by atoms with Crippen molar-refractivity contribution in [1.29, 1.82) is 0 Å². The average Bonchev–Trinajstić information content (AvgIpc) is 2.81. The Morgan fingerprint density at radius 2 is 2.14 bits per heavy atom. The largest absolute Gasteiger partial charge is 0.353 e. The van der Waals surface area contributed by atoms with E-state index >= 15 is 0 Å². The third-order valence-corrected chi connectivity index (χ3v) is 2.33. The molecule has 1 saturated heterocycles. The molecule has 1 atom stereocenters. The van der Waals surface area contributed by atoms with Crippen molar-refractivity contribution in [1.82, 2.24) is 0 Å². The lowest BCUT2D eigenvalue weighted by molar-refractivity contribution is -0.120. The van der Waals surface area contributed by atoms with Crippen LogP contribution in [-0.4, -0.2) is 25.8 Å². The molecule has 0 spiro atoms. The minimum absolute atomic E-state index is 0.204. The normalized spacial score (nSPS) is 25.4. The maximum absolute atomic E-state index is 10.9. The molecule has 0 radical (unpaired) electrons. The summed E-state index contributed by atoms with van der Waals surface area (Å²) in [5, 5.41) is 0. The van der Waals surface area contributed by atoms with Crippen molar-refractivity contribution in [3.05, 3.63) is 0 Å². The predicted octanol–water partition coefficient (Wildman–Crippen LogP) is 1.37. The van der Waals surface area contributed by atoms with Gasteiger partial charge in [-0.1, -0.05) is 0 Å². The van der Waals surface area contributed by atoms with Crippen LogP contribution in [0.15, 0.2) is 0 Å². The highest BCUT2D eigenvalue weighted by molar-refractivity contribution is 5.83. The summed E-state index contributed by atoms with van der Waals surface area (Å²) in [6.07, 6.45) is 8.54. The van der Waals surface area contributed by atoms with Crippen LogP contribution in [0.4, 0.5) is 0 Å². The summed E-state index contributed by atoms with van der Waals surface area (Å²) in [5.74, 6) is 3.09. The molecule has 3 nitrogen and oxygen atoms in total. The third-order valence-electron chi connectivity index (χ3n) is 2.33. The van der Waals surface area contributed by atoms with Crippen molar-refractivity contribution < 1.29 is 14.3 Å². The molecule has 1 unspecified atom stereocenters. The monoisotopic (exact) mass is 196 g/mol. The van der Waals surface area contributed by atoms with Gasteiger partial charge in [-0.15, -0.1) is 12.3 Å². The number of ether oxygens (including phenoxy) is 2. The molecule has 2 fully saturated rings. The van der Waals surface area contributed by atoms with E-state index in [-0.39, 0.29) is 5.92 Å². The zero-order valence-corrected chi connectivity index (χ0v) is 8.33. The maximum Gasteiger partial charge on any atom is 0.146 e. The number of ketones is 1. The first kappa shape index (κ1) is 11.2. The summed E-state index contributed by atoms with van der Waals surface area (Å²) in [4.78, 5) is 10.9. The number of carbonyl (C=O) groups is 1. The second-order valence-corrected chi connectivity index (χ2v) is 3.40. The molecule has 14 heavy (non-hydrogen) atoms. The van der Waals surface area contributed by atoms with E-state index in [0.29, 0.717) is 19.0 Å². The molecule has 2 aliphatic rings. The number of hydrogen-bond acceptors (Lipinski definition) is 3. The first-order valence-corrected chi connectivity index (χ1v) is 4.96.